The van der Waals surface area contributed by atoms with E-state index in [1.165, 1.54) is 0 Å². The molecule has 86 valence electrons. The molecule has 1 N–H and O–H groups in total. The molecule has 0 saturated heterocycles. The fraction of sp³-hybridized carbons (Fsp3) is 0.167. The van der Waals surface area contributed by atoms with Crippen LogP contribution in [0.25, 0.3) is 0 Å². The largest absolute Gasteiger partial charge is 0.375 e. The Balaban J connectivity index is 2.25. The molecule has 2 aromatic rings. The summed E-state index contributed by atoms with van der Waals surface area (Å²) in [5.41, 5.74) is 1.21. The Morgan fingerprint density at radius 2 is 2.35 bits per heavy atom. The highest BCUT2D eigenvalue weighted by Gasteiger charge is 2.11. The number of hydrogen-bond donors (Lipinski definition) is 1. The van der Waals surface area contributed by atoms with E-state index < -0.39 is 0 Å². The fourth-order valence-electron chi connectivity index (χ4n) is 1.50. The SMILES string of the molecule is CC(Nc1cccc(Cl)c1C#N)c1nccs1. The van der Waals surface area contributed by atoms with Crippen molar-refractivity contribution < 1.29 is 0 Å². The van der Waals surface area contributed by atoms with Gasteiger partial charge in [-0.3, -0.25) is 0 Å². The van der Waals surface area contributed by atoms with Gasteiger partial charge in [0, 0.05) is 11.6 Å². The van der Waals surface area contributed by atoms with Crippen LogP contribution in [0.15, 0.2) is 29.8 Å². The number of nitriles is 1. The third-order valence-corrected chi connectivity index (χ3v) is 3.59. The van der Waals surface area contributed by atoms with Crippen molar-refractivity contribution in [2.45, 2.75) is 13.0 Å². The first-order chi connectivity index (χ1) is 8.22. The van der Waals surface area contributed by atoms with Crippen molar-refractivity contribution in [3.63, 3.8) is 0 Å². The second kappa shape index (κ2) is 5.17. The summed E-state index contributed by atoms with van der Waals surface area (Å²) in [6, 6.07) is 7.53. The third kappa shape index (κ3) is 2.57. The summed E-state index contributed by atoms with van der Waals surface area (Å²) in [6.45, 7) is 2.00. The van der Waals surface area contributed by atoms with Gasteiger partial charge in [0.2, 0.25) is 0 Å². The van der Waals surface area contributed by atoms with Crippen molar-refractivity contribution in [3.8, 4) is 6.07 Å². The van der Waals surface area contributed by atoms with E-state index in [2.05, 4.69) is 16.4 Å². The molecule has 0 fully saturated rings. The van der Waals surface area contributed by atoms with Crippen molar-refractivity contribution in [1.29, 1.82) is 5.26 Å². The fourth-order valence-corrected chi connectivity index (χ4v) is 2.36. The highest BCUT2D eigenvalue weighted by atomic mass is 35.5. The van der Waals surface area contributed by atoms with Crippen molar-refractivity contribution in [2.24, 2.45) is 0 Å². The van der Waals surface area contributed by atoms with Gasteiger partial charge in [0.15, 0.2) is 0 Å². The average molecular weight is 264 g/mol. The molecule has 0 aliphatic heterocycles. The molecule has 1 heterocycles. The van der Waals surface area contributed by atoms with E-state index in [9.17, 15) is 0 Å². The predicted molar refractivity (Wildman–Crippen MR) is 70.3 cm³/mol. The Kier molecular flexibility index (Phi) is 3.62. The molecule has 0 amide bonds. The Morgan fingerprint density at radius 3 is 3.00 bits per heavy atom. The lowest BCUT2D eigenvalue weighted by Crippen LogP contribution is -2.07. The molecule has 0 radical (unpaired) electrons. The van der Waals surface area contributed by atoms with E-state index >= 15 is 0 Å². The zero-order valence-corrected chi connectivity index (χ0v) is 10.7. The van der Waals surface area contributed by atoms with Gasteiger partial charge < -0.3 is 5.32 Å². The maximum atomic E-state index is 9.06. The highest BCUT2D eigenvalue weighted by molar-refractivity contribution is 7.09. The maximum absolute atomic E-state index is 9.06. The van der Waals surface area contributed by atoms with Crippen LogP contribution in [0.1, 0.15) is 23.5 Å². The number of hydrogen-bond acceptors (Lipinski definition) is 4. The summed E-state index contributed by atoms with van der Waals surface area (Å²) >= 11 is 7.54. The third-order valence-electron chi connectivity index (χ3n) is 2.32. The molecule has 5 heteroatoms. The molecule has 0 bridgehead atoms. The number of rotatable bonds is 3. The minimum absolute atomic E-state index is 0.0561. The van der Waals surface area contributed by atoms with Crippen molar-refractivity contribution in [1.82, 2.24) is 4.98 Å². The molecule has 1 unspecified atom stereocenters. The number of anilines is 1. The van der Waals surface area contributed by atoms with E-state index in [0.717, 1.165) is 10.7 Å². The van der Waals surface area contributed by atoms with Gasteiger partial charge in [0.25, 0.3) is 0 Å². The maximum Gasteiger partial charge on any atom is 0.115 e. The quantitative estimate of drug-likeness (QED) is 0.915. The lowest BCUT2D eigenvalue weighted by atomic mass is 10.2. The zero-order valence-electron chi connectivity index (χ0n) is 9.14. The molecular formula is C12H10ClN3S. The van der Waals surface area contributed by atoms with Crippen LogP contribution in [-0.4, -0.2) is 4.98 Å². The van der Waals surface area contributed by atoms with Gasteiger partial charge in [0.1, 0.15) is 11.1 Å². The van der Waals surface area contributed by atoms with Gasteiger partial charge in [-0.25, -0.2) is 4.98 Å². The Morgan fingerprint density at radius 1 is 1.53 bits per heavy atom. The van der Waals surface area contributed by atoms with Gasteiger partial charge in [-0.15, -0.1) is 11.3 Å². The molecule has 2 rings (SSSR count). The molecular weight excluding hydrogens is 254 g/mol. The van der Waals surface area contributed by atoms with Crippen LogP contribution in [-0.2, 0) is 0 Å². The zero-order chi connectivity index (χ0) is 12.3. The van der Waals surface area contributed by atoms with Crippen LogP contribution in [0.3, 0.4) is 0 Å². The number of thiazole rings is 1. The van der Waals surface area contributed by atoms with E-state index in [1.807, 2.05) is 24.4 Å². The van der Waals surface area contributed by atoms with Crippen molar-refractivity contribution >= 4 is 28.6 Å². The van der Waals surface area contributed by atoms with E-state index in [4.69, 9.17) is 16.9 Å². The van der Waals surface area contributed by atoms with Gasteiger partial charge in [-0.1, -0.05) is 17.7 Å². The smallest absolute Gasteiger partial charge is 0.115 e. The van der Waals surface area contributed by atoms with Crippen LogP contribution < -0.4 is 5.32 Å². The highest BCUT2D eigenvalue weighted by Crippen LogP contribution is 2.27. The lowest BCUT2D eigenvalue weighted by molar-refractivity contribution is 0.869. The monoisotopic (exact) mass is 263 g/mol. The van der Waals surface area contributed by atoms with E-state index in [0.29, 0.717) is 10.6 Å². The number of nitrogens with one attached hydrogen (secondary N) is 1. The van der Waals surface area contributed by atoms with Gasteiger partial charge in [-0.05, 0) is 19.1 Å². The minimum atomic E-state index is 0.0561. The van der Waals surface area contributed by atoms with Crippen LogP contribution in [0.5, 0.6) is 0 Å². The summed E-state index contributed by atoms with van der Waals surface area (Å²) in [5, 5.41) is 15.7. The summed E-state index contributed by atoms with van der Waals surface area (Å²) in [7, 11) is 0. The molecule has 0 aliphatic carbocycles. The van der Waals surface area contributed by atoms with Crippen LogP contribution in [0.4, 0.5) is 5.69 Å². The predicted octanol–water partition coefficient (Wildman–Crippen LogP) is 3.84. The van der Waals surface area contributed by atoms with Gasteiger partial charge >= 0.3 is 0 Å². The topological polar surface area (TPSA) is 48.7 Å². The van der Waals surface area contributed by atoms with Crippen LogP contribution in [0.2, 0.25) is 5.02 Å². The second-order valence-corrected chi connectivity index (χ2v) is 4.84. The Labute approximate surface area is 109 Å². The van der Waals surface area contributed by atoms with Crippen LogP contribution >= 0.6 is 22.9 Å². The first-order valence-corrected chi connectivity index (χ1v) is 6.32. The summed E-state index contributed by atoms with van der Waals surface area (Å²) in [6.07, 6.45) is 1.77. The average Bonchev–Trinajstić information content (AvgIpc) is 2.82. The van der Waals surface area contributed by atoms with Crippen LogP contribution in [0, 0.1) is 11.3 Å². The van der Waals surface area contributed by atoms with Crippen molar-refractivity contribution in [3.05, 3.63) is 45.4 Å². The summed E-state index contributed by atoms with van der Waals surface area (Å²) in [5.74, 6) is 0. The standard InChI is InChI=1S/C12H10ClN3S/c1-8(12-15-5-6-17-12)16-11-4-2-3-10(13)9(11)7-14/h2-6,8,16H,1H3. The van der Waals surface area contributed by atoms with E-state index in [1.54, 1.807) is 23.6 Å². The lowest BCUT2D eigenvalue weighted by Gasteiger charge is -2.14. The molecule has 3 nitrogen and oxygen atoms in total. The molecule has 0 spiro atoms. The minimum Gasteiger partial charge on any atom is -0.375 e. The van der Waals surface area contributed by atoms with Gasteiger partial charge in [0.05, 0.1) is 22.3 Å². The Hall–Kier alpha value is -1.57. The van der Waals surface area contributed by atoms with Crippen molar-refractivity contribution in [2.75, 3.05) is 5.32 Å². The second-order valence-electron chi connectivity index (χ2n) is 3.51. The molecule has 17 heavy (non-hydrogen) atoms. The number of halogens is 1. The van der Waals surface area contributed by atoms with Gasteiger partial charge in [-0.2, -0.15) is 5.26 Å². The summed E-state index contributed by atoms with van der Waals surface area (Å²) in [4.78, 5) is 4.23. The molecule has 0 saturated carbocycles. The van der Waals surface area contributed by atoms with E-state index in [-0.39, 0.29) is 6.04 Å². The molecule has 0 aliphatic rings. The molecule has 1 atom stereocenters. The molecule has 1 aromatic carbocycles. The first kappa shape index (κ1) is 11.9. The normalized spacial score (nSPS) is 11.8. The first-order valence-electron chi connectivity index (χ1n) is 5.07. The number of nitrogens with zero attached hydrogens (tertiary/aromatic N) is 2. The summed E-state index contributed by atoms with van der Waals surface area (Å²) < 4.78 is 0. The Bertz CT molecular complexity index is 545. The number of aromatic nitrogens is 1. The molecule has 1 aromatic heterocycles. The number of benzene rings is 1.